The van der Waals surface area contributed by atoms with E-state index in [0.717, 1.165) is 22.7 Å². The molecule has 1 aromatic rings. The van der Waals surface area contributed by atoms with E-state index in [1.807, 2.05) is 6.92 Å². The van der Waals surface area contributed by atoms with Crippen molar-refractivity contribution in [3.05, 3.63) is 15.6 Å². The maximum Gasteiger partial charge on any atom is 0.154 e. The molecule has 1 heterocycles. The lowest BCUT2D eigenvalue weighted by Crippen LogP contribution is -1.81. The lowest BCUT2D eigenvalue weighted by Gasteiger charge is -1.85. The van der Waals surface area contributed by atoms with Gasteiger partial charge >= 0.3 is 0 Å². The van der Waals surface area contributed by atoms with Crippen LogP contribution in [0.1, 0.15) is 28.9 Å². The molecule has 0 atom stereocenters. The molecule has 0 saturated heterocycles. The van der Waals surface area contributed by atoms with Gasteiger partial charge in [0.15, 0.2) is 5.69 Å². The van der Waals surface area contributed by atoms with Crippen LogP contribution < -0.4 is 0 Å². The van der Waals surface area contributed by atoms with Gasteiger partial charge in [0.2, 0.25) is 0 Å². The Morgan fingerprint density at radius 2 is 2.36 bits per heavy atom. The third-order valence-corrected chi connectivity index (χ3v) is 2.44. The van der Waals surface area contributed by atoms with Crippen LogP contribution in [0.15, 0.2) is 0 Å². The Bertz CT molecular complexity index is 283. The monoisotopic (exact) mass is 166 g/mol. The van der Waals surface area contributed by atoms with Crippen molar-refractivity contribution in [2.75, 3.05) is 0 Å². The lowest BCUT2D eigenvalue weighted by molar-refractivity contribution is 0.906. The Balaban J connectivity index is 2.89. The molecule has 0 N–H and O–H groups in total. The Kier molecular flexibility index (Phi) is 2.61. The fourth-order valence-corrected chi connectivity index (χ4v) is 1.86. The Hall–Kier alpha value is -0.880. The van der Waals surface area contributed by atoms with E-state index in [0.29, 0.717) is 5.69 Å². The summed E-state index contributed by atoms with van der Waals surface area (Å²) in [5.41, 5.74) is 0.596. The quantitative estimate of drug-likeness (QED) is 0.675. The zero-order chi connectivity index (χ0) is 8.27. The van der Waals surface area contributed by atoms with Gasteiger partial charge in [-0.3, -0.25) is 0 Å². The van der Waals surface area contributed by atoms with Gasteiger partial charge in [-0.1, -0.05) is 6.92 Å². The number of nitrogens with zero attached hydrogens (tertiary/aromatic N) is 2. The highest BCUT2D eigenvalue weighted by Gasteiger charge is 2.04. The van der Waals surface area contributed by atoms with Gasteiger partial charge in [-0.25, -0.2) is 4.98 Å². The molecule has 11 heavy (non-hydrogen) atoms. The molecule has 1 rings (SSSR count). The zero-order valence-corrected chi connectivity index (χ0v) is 7.53. The van der Waals surface area contributed by atoms with Crippen molar-refractivity contribution in [2.24, 2.45) is 0 Å². The third-order valence-electron chi connectivity index (χ3n) is 1.41. The largest absolute Gasteiger partial charge is 0.230 e. The molecular weight excluding hydrogens is 156 g/mol. The highest BCUT2D eigenvalue weighted by Crippen LogP contribution is 2.17. The average molecular weight is 166 g/mol. The maximum absolute atomic E-state index is 8.59. The highest BCUT2D eigenvalue weighted by atomic mass is 32.1. The summed E-state index contributed by atoms with van der Waals surface area (Å²) in [5.74, 6) is 0. The van der Waals surface area contributed by atoms with E-state index >= 15 is 0 Å². The summed E-state index contributed by atoms with van der Waals surface area (Å²) < 4.78 is 0. The molecule has 0 radical (unpaired) electrons. The van der Waals surface area contributed by atoms with E-state index in [1.165, 1.54) is 0 Å². The fraction of sp³-hybridized carbons (Fsp3) is 0.500. The van der Waals surface area contributed by atoms with Gasteiger partial charge in [0.25, 0.3) is 0 Å². The molecule has 0 spiro atoms. The molecular formula is C8H10N2S. The van der Waals surface area contributed by atoms with Crippen molar-refractivity contribution in [1.82, 2.24) is 4.98 Å². The summed E-state index contributed by atoms with van der Waals surface area (Å²) in [7, 11) is 0. The number of thiazole rings is 1. The summed E-state index contributed by atoms with van der Waals surface area (Å²) >= 11 is 1.63. The van der Waals surface area contributed by atoms with Crippen LogP contribution in [0.5, 0.6) is 0 Å². The summed E-state index contributed by atoms with van der Waals surface area (Å²) in [5, 5.41) is 9.68. The van der Waals surface area contributed by atoms with Crippen LogP contribution in [-0.2, 0) is 6.42 Å². The smallest absolute Gasteiger partial charge is 0.154 e. The first-order valence-electron chi connectivity index (χ1n) is 3.64. The van der Waals surface area contributed by atoms with Crippen LogP contribution >= 0.6 is 11.3 Å². The molecule has 3 heteroatoms. The molecule has 1 aromatic heterocycles. The number of hydrogen-bond donors (Lipinski definition) is 0. The number of nitriles is 1. The van der Waals surface area contributed by atoms with Gasteiger partial charge in [-0.15, -0.1) is 11.3 Å². The van der Waals surface area contributed by atoms with Crippen LogP contribution in [0, 0.1) is 18.3 Å². The van der Waals surface area contributed by atoms with Crippen molar-refractivity contribution >= 4 is 11.3 Å². The second-order valence-corrected chi connectivity index (χ2v) is 3.66. The normalized spacial score (nSPS) is 9.55. The van der Waals surface area contributed by atoms with Gasteiger partial charge in [0.05, 0.1) is 5.01 Å². The van der Waals surface area contributed by atoms with Crippen molar-refractivity contribution in [3.63, 3.8) is 0 Å². The van der Waals surface area contributed by atoms with E-state index in [1.54, 1.807) is 11.3 Å². The summed E-state index contributed by atoms with van der Waals surface area (Å²) in [4.78, 5) is 5.21. The van der Waals surface area contributed by atoms with E-state index in [2.05, 4.69) is 18.0 Å². The fourth-order valence-electron chi connectivity index (χ4n) is 0.876. The second kappa shape index (κ2) is 3.49. The van der Waals surface area contributed by atoms with Crippen molar-refractivity contribution < 1.29 is 0 Å². The van der Waals surface area contributed by atoms with E-state index in [9.17, 15) is 0 Å². The van der Waals surface area contributed by atoms with E-state index in [4.69, 9.17) is 5.26 Å². The minimum Gasteiger partial charge on any atom is -0.230 e. The van der Waals surface area contributed by atoms with Crippen molar-refractivity contribution in [2.45, 2.75) is 26.7 Å². The predicted octanol–water partition coefficient (Wildman–Crippen LogP) is 2.28. The molecule has 0 aliphatic rings. The van der Waals surface area contributed by atoms with Gasteiger partial charge < -0.3 is 0 Å². The van der Waals surface area contributed by atoms with Crippen molar-refractivity contribution in [3.8, 4) is 6.07 Å². The molecule has 2 nitrogen and oxygen atoms in total. The molecule has 0 saturated carbocycles. The molecule has 0 amide bonds. The predicted molar refractivity (Wildman–Crippen MR) is 45.6 cm³/mol. The van der Waals surface area contributed by atoms with Gasteiger partial charge in [0, 0.05) is 4.88 Å². The van der Waals surface area contributed by atoms with Crippen LogP contribution in [0.25, 0.3) is 0 Å². The number of rotatable bonds is 2. The van der Waals surface area contributed by atoms with Gasteiger partial charge in [-0.2, -0.15) is 5.26 Å². The third kappa shape index (κ3) is 1.78. The topological polar surface area (TPSA) is 36.7 Å². The molecule has 58 valence electrons. The van der Waals surface area contributed by atoms with Crippen LogP contribution in [0.4, 0.5) is 0 Å². The molecule has 0 bridgehead atoms. The first-order chi connectivity index (χ1) is 5.27. The Morgan fingerprint density at radius 3 is 2.82 bits per heavy atom. The minimum atomic E-state index is 0.596. The number of aromatic nitrogens is 1. The first kappa shape index (κ1) is 8.22. The average Bonchev–Trinajstić information content (AvgIpc) is 2.32. The minimum absolute atomic E-state index is 0.596. The first-order valence-corrected chi connectivity index (χ1v) is 4.46. The Labute approximate surface area is 70.5 Å². The number of hydrogen-bond acceptors (Lipinski definition) is 3. The molecule has 0 aliphatic heterocycles. The van der Waals surface area contributed by atoms with Crippen LogP contribution in [0.2, 0.25) is 0 Å². The maximum atomic E-state index is 8.59. The Morgan fingerprint density at radius 1 is 1.64 bits per heavy atom. The summed E-state index contributed by atoms with van der Waals surface area (Å²) in [6.07, 6.45) is 2.09. The number of aryl methyl sites for hydroxylation is 2. The molecule has 0 unspecified atom stereocenters. The summed E-state index contributed by atoms with van der Waals surface area (Å²) in [6.45, 7) is 4.05. The van der Waals surface area contributed by atoms with E-state index < -0.39 is 0 Å². The van der Waals surface area contributed by atoms with Crippen LogP contribution in [-0.4, -0.2) is 4.98 Å². The zero-order valence-electron chi connectivity index (χ0n) is 6.72. The van der Waals surface area contributed by atoms with Crippen molar-refractivity contribution in [1.29, 1.82) is 5.26 Å². The highest BCUT2D eigenvalue weighted by molar-refractivity contribution is 7.11. The molecule has 0 fully saturated rings. The lowest BCUT2D eigenvalue weighted by atomic mass is 10.3. The SMILES string of the molecule is CCCc1nc(C#N)c(C)s1. The summed E-state index contributed by atoms with van der Waals surface area (Å²) in [6, 6.07) is 2.07. The van der Waals surface area contributed by atoms with Crippen LogP contribution in [0.3, 0.4) is 0 Å². The van der Waals surface area contributed by atoms with Gasteiger partial charge in [-0.05, 0) is 19.8 Å². The molecule has 0 aliphatic carbocycles. The molecule has 0 aromatic carbocycles. The second-order valence-electron chi connectivity index (χ2n) is 2.37. The standard InChI is InChI=1S/C8H10N2S/c1-3-4-8-10-7(5-9)6(2)11-8/h3-4H2,1-2H3. The van der Waals surface area contributed by atoms with Gasteiger partial charge in [0.1, 0.15) is 6.07 Å². The van der Waals surface area contributed by atoms with E-state index in [-0.39, 0.29) is 0 Å².